The van der Waals surface area contributed by atoms with Crippen LogP contribution in [-0.4, -0.2) is 43.1 Å². The highest BCUT2D eigenvalue weighted by atomic mass is 32.2. The fourth-order valence-electron chi connectivity index (χ4n) is 2.78. The van der Waals surface area contributed by atoms with Gasteiger partial charge in [0.1, 0.15) is 0 Å². The second-order valence-electron chi connectivity index (χ2n) is 5.60. The minimum atomic E-state index is -3.02. The van der Waals surface area contributed by atoms with Crippen molar-refractivity contribution in [2.24, 2.45) is 5.92 Å². The molecule has 6 heteroatoms. The Hall–Kier alpha value is -0.620. The summed E-state index contributed by atoms with van der Waals surface area (Å²) in [6.45, 7) is 0.252. The van der Waals surface area contributed by atoms with Gasteiger partial charge in [0.05, 0.1) is 23.0 Å². The van der Waals surface area contributed by atoms with Crippen LogP contribution >= 0.6 is 0 Å². The van der Waals surface area contributed by atoms with Gasteiger partial charge in [-0.25, -0.2) is 8.42 Å². The van der Waals surface area contributed by atoms with E-state index in [-0.39, 0.29) is 24.0 Å². The minimum absolute atomic E-state index is 0.0444. The summed E-state index contributed by atoms with van der Waals surface area (Å²) < 4.78 is 22.6. The van der Waals surface area contributed by atoms with E-state index in [4.69, 9.17) is 0 Å². The first kappa shape index (κ1) is 13.8. The summed E-state index contributed by atoms with van der Waals surface area (Å²) in [4.78, 5) is 11.8. The van der Waals surface area contributed by atoms with E-state index in [1.165, 1.54) is 0 Å². The Morgan fingerprint density at radius 2 is 1.94 bits per heavy atom. The lowest BCUT2D eigenvalue weighted by atomic mass is 9.85. The molecule has 0 aromatic carbocycles. The van der Waals surface area contributed by atoms with Gasteiger partial charge in [-0.1, -0.05) is 19.3 Å². The van der Waals surface area contributed by atoms with E-state index in [2.05, 4.69) is 5.32 Å². The number of aliphatic hydroxyl groups is 1. The van der Waals surface area contributed by atoms with Crippen LogP contribution in [0.5, 0.6) is 0 Å². The molecular formula is C12H21NO4S. The molecule has 2 rings (SSSR count). The molecule has 1 aliphatic heterocycles. The van der Waals surface area contributed by atoms with Crippen LogP contribution in [-0.2, 0) is 14.6 Å². The van der Waals surface area contributed by atoms with Crippen molar-refractivity contribution in [1.29, 1.82) is 0 Å². The molecule has 1 atom stereocenters. The zero-order valence-corrected chi connectivity index (χ0v) is 11.3. The zero-order chi connectivity index (χ0) is 13.2. The second-order valence-corrected chi connectivity index (χ2v) is 7.83. The van der Waals surface area contributed by atoms with Gasteiger partial charge in [0, 0.05) is 6.54 Å². The molecule has 104 valence electrons. The fraction of sp³-hybridized carbons (Fsp3) is 0.917. The molecule has 0 bridgehead atoms. The normalized spacial score (nSPS) is 29.9. The Balaban J connectivity index is 1.81. The van der Waals surface area contributed by atoms with E-state index in [0.717, 1.165) is 32.1 Å². The van der Waals surface area contributed by atoms with Gasteiger partial charge in [-0.2, -0.15) is 0 Å². The highest BCUT2D eigenvalue weighted by molar-refractivity contribution is 7.91. The maximum absolute atomic E-state index is 11.8. The minimum Gasteiger partial charge on any atom is -0.388 e. The average Bonchev–Trinajstić information content (AvgIpc) is 2.68. The van der Waals surface area contributed by atoms with Crippen molar-refractivity contribution >= 4 is 15.7 Å². The van der Waals surface area contributed by atoms with Crippen LogP contribution < -0.4 is 5.32 Å². The lowest BCUT2D eigenvalue weighted by molar-refractivity contribution is -0.125. The van der Waals surface area contributed by atoms with E-state index in [9.17, 15) is 18.3 Å². The topological polar surface area (TPSA) is 83.5 Å². The number of carbonyl (C=O) groups is 1. The molecule has 0 aromatic heterocycles. The predicted octanol–water partition coefficient (Wildman–Crippen LogP) is 0.232. The van der Waals surface area contributed by atoms with Crippen molar-refractivity contribution in [3.05, 3.63) is 0 Å². The van der Waals surface area contributed by atoms with Gasteiger partial charge >= 0.3 is 0 Å². The van der Waals surface area contributed by atoms with Crippen LogP contribution in [0.1, 0.15) is 38.5 Å². The number of hydrogen-bond acceptors (Lipinski definition) is 4. The van der Waals surface area contributed by atoms with Crippen molar-refractivity contribution < 1.29 is 18.3 Å². The average molecular weight is 275 g/mol. The standard InChI is InChI=1S/C12H21NO4S/c14-11(10-4-7-18(16,17)8-10)13-9-12(15)5-2-1-3-6-12/h10,15H,1-9H2,(H,13,14). The third-order valence-corrected chi connectivity index (χ3v) is 5.75. The molecule has 1 unspecified atom stereocenters. The first-order valence-electron chi connectivity index (χ1n) is 6.61. The number of nitrogens with one attached hydrogen (secondary N) is 1. The summed E-state index contributed by atoms with van der Waals surface area (Å²) in [7, 11) is -3.02. The van der Waals surface area contributed by atoms with Crippen LogP contribution in [0.4, 0.5) is 0 Å². The highest BCUT2D eigenvalue weighted by Crippen LogP contribution is 2.27. The van der Waals surface area contributed by atoms with Crippen LogP contribution in [0.2, 0.25) is 0 Å². The third kappa shape index (κ3) is 3.45. The molecule has 1 saturated carbocycles. The van der Waals surface area contributed by atoms with Crippen LogP contribution in [0.25, 0.3) is 0 Å². The Morgan fingerprint density at radius 3 is 2.50 bits per heavy atom. The van der Waals surface area contributed by atoms with E-state index in [1.807, 2.05) is 0 Å². The quantitative estimate of drug-likeness (QED) is 0.772. The summed E-state index contributed by atoms with van der Waals surface area (Å²) >= 11 is 0. The van der Waals surface area contributed by atoms with Gasteiger partial charge in [0.25, 0.3) is 0 Å². The predicted molar refractivity (Wildman–Crippen MR) is 67.8 cm³/mol. The zero-order valence-electron chi connectivity index (χ0n) is 10.5. The lowest BCUT2D eigenvalue weighted by Gasteiger charge is -2.32. The van der Waals surface area contributed by atoms with Gasteiger partial charge in [-0.3, -0.25) is 4.79 Å². The number of rotatable bonds is 3. The number of hydrogen-bond donors (Lipinski definition) is 2. The molecule has 0 aromatic rings. The number of sulfone groups is 1. The van der Waals surface area contributed by atoms with Crippen LogP contribution in [0, 0.1) is 5.92 Å². The van der Waals surface area contributed by atoms with Gasteiger partial charge in [-0.05, 0) is 19.3 Å². The molecule has 2 fully saturated rings. The molecule has 2 aliphatic rings. The Bertz CT molecular complexity index is 412. The molecular weight excluding hydrogens is 254 g/mol. The maximum atomic E-state index is 11.8. The van der Waals surface area contributed by atoms with E-state index in [0.29, 0.717) is 6.42 Å². The Kier molecular flexibility index (Phi) is 3.96. The number of amides is 1. The fourth-order valence-corrected chi connectivity index (χ4v) is 4.53. The molecule has 1 amide bonds. The Morgan fingerprint density at radius 1 is 1.28 bits per heavy atom. The molecule has 0 radical (unpaired) electrons. The van der Waals surface area contributed by atoms with Crippen molar-refractivity contribution in [3.8, 4) is 0 Å². The largest absolute Gasteiger partial charge is 0.388 e. The SMILES string of the molecule is O=C(NCC1(O)CCCCC1)C1CCS(=O)(=O)C1. The van der Waals surface area contributed by atoms with Crippen molar-refractivity contribution in [1.82, 2.24) is 5.32 Å². The Labute approximate surface area is 108 Å². The smallest absolute Gasteiger partial charge is 0.224 e. The van der Waals surface area contributed by atoms with Gasteiger partial charge < -0.3 is 10.4 Å². The monoisotopic (exact) mass is 275 g/mol. The lowest BCUT2D eigenvalue weighted by Crippen LogP contribution is -2.46. The summed E-state index contributed by atoms with van der Waals surface area (Å²) in [6, 6.07) is 0. The van der Waals surface area contributed by atoms with Gasteiger partial charge in [0.2, 0.25) is 5.91 Å². The van der Waals surface area contributed by atoms with Crippen LogP contribution in [0.3, 0.4) is 0 Å². The first-order valence-corrected chi connectivity index (χ1v) is 8.43. The second kappa shape index (κ2) is 5.17. The van der Waals surface area contributed by atoms with E-state index >= 15 is 0 Å². The van der Waals surface area contributed by atoms with E-state index < -0.39 is 21.4 Å². The molecule has 0 spiro atoms. The summed E-state index contributed by atoms with van der Waals surface area (Å²) in [5.74, 6) is -0.593. The molecule has 18 heavy (non-hydrogen) atoms. The first-order chi connectivity index (χ1) is 8.40. The summed E-state index contributed by atoms with van der Waals surface area (Å²) in [5.41, 5.74) is -0.786. The van der Waals surface area contributed by atoms with Gasteiger partial charge in [0.15, 0.2) is 9.84 Å². The molecule has 1 aliphatic carbocycles. The van der Waals surface area contributed by atoms with Crippen LogP contribution in [0.15, 0.2) is 0 Å². The molecule has 5 nitrogen and oxygen atoms in total. The molecule has 1 saturated heterocycles. The molecule has 1 heterocycles. The van der Waals surface area contributed by atoms with E-state index in [1.54, 1.807) is 0 Å². The summed E-state index contributed by atoms with van der Waals surface area (Å²) in [5, 5.41) is 13.0. The summed E-state index contributed by atoms with van der Waals surface area (Å²) in [6.07, 6.45) is 4.96. The molecule has 2 N–H and O–H groups in total. The third-order valence-electron chi connectivity index (χ3n) is 3.98. The highest BCUT2D eigenvalue weighted by Gasteiger charge is 2.35. The van der Waals surface area contributed by atoms with Crippen molar-refractivity contribution in [3.63, 3.8) is 0 Å². The van der Waals surface area contributed by atoms with Crippen molar-refractivity contribution in [2.75, 3.05) is 18.1 Å². The maximum Gasteiger partial charge on any atom is 0.224 e. The number of carbonyl (C=O) groups excluding carboxylic acids is 1. The van der Waals surface area contributed by atoms with Crippen molar-refractivity contribution in [2.45, 2.75) is 44.1 Å². The van der Waals surface area contributed by atoms with Gasteiger partial charge in [-0.15, -0.1) is 0 Å².